The van der Waals surface area contributed by atoms with E-state index in [1.165, 1.54) is 6.42 Å². The minimum absolute atomic E-state index is 0.149. The van der Waals surface area contributed by atoms with Gasteiger partial charge in [-0.2, -0.15) is 4.98 Å². The molecule has 0 bridgehead atoms. The van der Waals surface area contributed by atoms with Crippen molar-refractivity contribution in [1.29, 1.82) is 0 Å². The topological polar surface area (TPSA) is 87.3 Å². The maximum Gasteiger partial charge on any atom is 0.258 e. The zero-order chi connectivity index (χ0) is 17.9. The van der Waals surface area contributed by atoms with Gasteiger partial charge in [-0.15, -0.1) is 0 Å². The number of pyridine rings is 1. The lowest BCUT2D eigenvalue weighted by Gasteiger charge is -2.41. The summed E-state index contributed by atoms with van der Waals surface area (Å²) >= 11 is 0. The maximum absolute atomic E-state index is 10.3. The average Bonchev–Trinajstić information content (AvgIpc) is 3.10. The first-order chi connectivity index (χ1) is 12.7. The summed E-state index contributed by atoms with van der Waals surface area (Å²) in [5.74, 6) is 1.99. The number of likely N-dealkylation sites (tertiary alicyclic amines) is 1. The van der Waals surface area contributed by atoms with Gasteiger partial charge in [-0.05, 0) is 44.7 Å². The highest BCUT2D eigenvalue weighted by Crippen LogP contribution is 2.27. The molecule has 1 aliphatic carbocycles. The zero-order valence-electron chi connectivity index (χ0n) is 15.3. The van der Waals surface area contributed by atoms with Gasteiger partial charge in [0, 0.05) is 36.9 Å². The van der Waals surface area contributed by atoms with Gasteiger partial charge >= 0.3 is 0 Å². The predicted molar refractivity (Wildman–Crippen MR) is 98.7 cm³/mol. The molecular formula is C19H27N5O2. The minimum Gasteiger partial charge on any atom is -0.391 e. The molecule has 0 amide bonds. The Morgan fingerprint density at radius 1 is 1.19 bits per heavy atom. The quantitative estimate of drug-likeness (QED) is 0.869. The largest absolute Gasteiger partial charge is 0.391 e. The molecule has 2 aromatic heterocycles. The minimum atomic E-state index is -0.149. The molecule has 26 heavy (non-hydrogen) atoms. The normalized spacial score (nSPS) is 25.3. The summed E-state index contributed by atoms with van der Waals surface area (Å²) in [5.41, 5.74) is 0.880. The van der Waals surface area contributed by atoms with Crippen LogP contribution in [0.2, 0.25) is 0 Å². The van der Waals surface area contributed by atoms with Crippen LogP contribution in [0, 0.1) is 6.92 Å². The highest BCUT2D eigenvalue weighted by atomic mass is 16.5. The number of anilines is 1. The Hall–Kier alpha value is -1.99. The first-order valence-electron chi connectivity index (χ1n) is 9.64. The van der Waals surface area contributed by atoms with Crippen LogP contribution < -0.4 is 5.32 Å². The average molecular weight is 357 g/mol. The highest BCUT2D eigenvalue weighted by Gasteiger charge is 2.31. The second kappa shape index (κ2) is 7.72. The number of aromatic nitrogens is 3. The Kier molecular flexibility index (Phi) is 5.17. The summed E-state index contributed by atoms with van der Waals surface area (Å²) in [4.78, 5) is 11.2. The molecule has 3 heterocycles. The molecule has 2 aliphatic rings. The molecule has 7 nitrogen and oxygen atoms in total. The van der Waals surface area contributed by atoms with Crippen LogP contribution in [-0.2, 0) is 0 Å². The molecule has 0 spiro atoms. The summed E-state index contributed by atoms with van der Waals surface area (Å²) in [5, 5.41) is 17.7. The summed E-state index contributed by atoms with van der Waals surface area (Å²) in [7, 11) is 0. The molecule has 2 atom stereocenters. The summed E-state index contributed by atoms with van der Waals surface area (Å²) in [6, 6.07) is 4.60. The van der Waals surface area contributed by atoms with Gasteiger partial charge < -0.3 is 14.9 Å². The number of hydrogen-bond acceptors (Lipinski definition) is 7. The van der Waals surface area contributed by atoms with E-state index in [9.17, 15) is 5.11 Å². The number of aliphatic hydroxyl groups excluding tert-OH is 1. The SMILES string of the molecule is Cc1noc(-c2ccnc(NC3CCN(C4CCCCC4O)CC3)c2)n1. The van der Waals surface area contributed by atoms with E-state index in [4.69, 9.17) is 4.52 Å². The second-order valence-electron chi connectivity index (χ2n) is 7.45. The number of nitrogens with zero attached hydrogens (tertiary/aromatic N) is 4. The number of nitrogens with one attached hydrogen (secondary N) is 1. The Balaban J connectivity index is 1.34. The van der Waals surface area contributed by atoms with Gasteiger partial charge in [0.1, 0.15) is 5.82 Å². The Labute approximate surface area is 153 Å². The third-order valence-corrected chi connectivity index (χ3v) is 5.58. The van der Waals surface area contributed by atoms with Crippen LogP contribution in [0.3, 0.4) is 0 Å². The molecule has 7 heteroatoms. The number of aryl methyl sites for hydroxylation is 1. The molecule has 1 aliphatic heterocycles. The van der Waals surface area contributed by atoms with Crippen molar-refractivity contribution >= 4 is 5.82 Å². The number of hydrogen-bond donors (Lipinski definition) is 2. The fourth-order valence-electron chi connectivity index (χ4n) is 4.16. The van der Waals surface area contributed by atoms with Gasteiger partial charge in [-0.3, -0.25) is 4.90 Å². The van der Waals surface area contributed by atoms with E-state index in [2.05, 4.69) is 25.3 Å². The predicted octanol–water partition coefficient (Wildman–Crippen LogP) is 2.62. The maximum atomic E-state index is 10.3. The van der Waals surface area contributed by atoms with Gasteiger partial charge in [0.2, 0.25) is 0 Å². The monoisotopic (exact) mass is 357 g/mol. The fraction of sp³-hybridized carbons (Fsp3) is 0.632. The van der Waals surface area contributed by atoms with Crippen LogP contribution in [0.1, 0.15) is 44.3 Å². The van der Waals surface area contributed by atoms with Gasteiger partial charge in [0.05, 0.1) is 6.10 Å². The summed E-state index contributed by atoms with van der Waals surface area (Å²) in [6.45, 7) is 3.87. The highest BCUT2D eigenvalue weighted by molar-refractivity contribution is 5.58. The van der Waals surface area contributed by atoms with Crippen molar-refractivity contribution in [3.8, 4) is 11.5 Å². The Morgan fingerprint density at radius 2 is 2.00 bits per heavy atom. The van der Waals surface area contributed by atoms with E-state index >= 15 is 0 Å². The summed E-state index contributed by atoms with van der Waals surface area (Å²) < 4.78 is 5.24. The van der Waals surface area contributed by atoms with Crippen molar-refractivity contribution in [2.75, 3.05) is 18.4 Å². The van der Waals surface area contributed by atoms with E-state index in [-0.39, 0.29) is 6.10 Å². The van der Waals surface area contributed by atoms with Crippen molar-refractivity contribution in [3.63, 3.8) is 0 Å². The van der Waals surface area contributed by atoms with Crippen LogP contribution in [0.4, 0.5) is 5.82 Å². The number of rotatable bonds is 4. The molecule has 2 N–H and O–H groups in total. The van der Waals surface area contributed by atoms with Crippen molar-refractivity contribution in [3.05, 3.63) is 24.2 Å². The number of aliphatic hydroxyl groups is 1. The summed E-state index contributed by atoms with van der Waals surface area (Å²) in [6.07, 6.45) is 8.24. The molecule has 2 aromatic rings. The molecule has 2 unspecified atom stereocenters. The van der Waals surface area contributed by atoms with Crippen molar-refractivity contribution in [2.24, 2.45) is 0 Å². The lowest BCUT2D eigenvalue weighted by Crippen LogP contribution is -2.50. The molecule has 4 rings (SSSR count). The number of piperidine rings is 1. The second-order valence-corrected chi connectivity index (χ2v) is 7.45. The molecule has 140 valence electrons. The van der Waals surface area contributed by atoms with Crippen LogP contribution in [0.15, 0.2) is 22.9 Å². The van der Waals surface area contributed by atoms with E-state index in [0.717, 1.165) is 56.6 Å². The third-order valence-electron chi connectivity index (χ3n) is 5.58. The lowest BCUT2D eigenvalue weighted by atomic mass is 9.89. The van der Waals surface area contributed by atoms with E-state index in [1.807, 2.05) is 19.1 Å². The van der Waals surface area contributed by atoms with Crippen LogP contribution in [0.25, 0.3) is 11.5 Å². The Morgan fingerprint density at radius 3 is 2.73 bits per heavy atom. The van der Waals surface area contributed by atoms with E-state index in [0.29, 0.717) is 23.8 Å². The van der Waals surface area contributed by atoms with Crippen molar-refractivity contribution in [2.45, 2.75) is 63.6 Å². The van der Waals surface area contributed by atoms with E-state index < -0.39 is 0 Å². The van der Waals surface area contributed by atoms with E-state index in [1.54, 1.807) is 6.20 Å². The van der Waals surface area contributed by atoms with Gasteiger partial charge in [-0.25, -0.2) is 4.98 Å². The molecule has 0 radical (unpaired) electrons. The van der Waals surface area contributed by atoms with Crippen LogP contribution in [0.5, 0.6) is 0 Å². The zero-order valence-corrected chi connectivity index (χ0v) is 15.3. The standard InChI is InChI=1S/C19H27N5O2/c1-13-21-19(26-23-13)14-6-9-20-18(12-14)22-15-7-10-24(11-8-15)16-4-2-3-5-17(16)25/h6,9,12,15-17,25H,2-5,7-8,10-11H2,1H3,(H,20,22). The third kappa shape index (κ3) is 3.88. The fourth-order valence-corrected chi connectivity index (χ4v) is 4.16. The van der Waals surface area contributed by atoms with Crippen molar-refractivity contribution in [1.82, 2.24) is 20.0 Å². The first-order valence-corrected chi connectivity index (χ1v) is 9.64. The van der Waals surface area contributed by atoms with Gasteiger partial charge in [-0.1, -0.05) is 18.0 Å². The molecule has 1 saturated carbocycles. The van der Waals surface area contributed by atoms with Gasteiger partial charge in [0.15, 0.2) is 5.82 Å². The van der Waals surface area contributed by atoms with Crippen molar-refractivity contribution < 1.29 is 9.63 Å². The Bertz CT molecular complexity index is 726. The molecule has 1 saturated heterocycles. The van der Waals surface area contributed by atoms with Gasteiger partial charge in [0.25, 0.3) is 5.89 Å². The molecular weight excluding hydrogens is 330 g/mol. The van der Waals surface area contributed by atoms with Crippen LogP contribution in [-0.4, -0.2) is 56.4 Å². The molecule has 2 fully saturated rings. The first kappa shape index (κ1) is 17.4. The van der Waals surface area contributed by atoms with Crippen LogP contribution >= 0.6 is 0 Å². The smallest absolute Gasteiger partial charge is 0.258 e. The lowest BCUT2D eigenvalue weighted by molar-refractivity contribution is 0.00992. The molecule has 0 aromatic carbocycles.